The van der Waals surface area contributed by atoms with Crippen molar-refractivity contribution in [3.8, 4) is 0 Å². The molecule has 1 heterocycles. The van der Waals surface area contributed by atoms with Crippen LogP contribution < -0.4 is 5.32 Å². The van der Waals surface area contributed by atoms with Gasteiger partial charge in [0.1, 0.15) is 5.54 Å². The zero-order chi connectivity index (χ0) is 12.4. The number of rotatable bonds is 3. The largest absolute Gasteiger partial charge is 0.468 e. The molecule has 0 aliphatic carbocycles. The van der Waals surface area contributed by atoms with Crippen LogP contribution in [0.25, 0.3) is 0 Å². The van der Waals surface area contributed by atoms with Crippen molar-refractivity contribution >= 4 is 15.8 Å². The molecule has 0 aromatic carbocycles. The van der Waals surface area contributed by atoms with Crippen LogP contribution in [-0.2, 0) is 19.4 Å². The number of hydrogen-bond acceptors (Lipinski definition) is 5. The van der Waals surface area contributed by atoms with E-state index in [-0.39, 0.29) is 17.5 Å². The fourth-order valence-electron chi connectivity index (χ4n) is 2.20. The van der Waals surface area contributed by atoms with E-state index in [0.717, 1.165) is 0 Å². The Hall–Kier alpha value is -0.620. The van der Waals surface area contributed by atoms with Crippen LogP contribution in [-0.4, -0.2) is 44.6 Å². The van der Waals surface area contributed by atoms with Crippen LogP contribution in [0.15, 0.2) is 0 Å². The molecule has 0 amide bonds. The number of carbonyl (C=O) groups is 1. The fourth-order valence-corrected chi connectivity index (χ4v) is 4.02. The van der Waals surface area contributed by atoms with Gasteiger partial charge in [0, 0.05) is 6.04 Å². The second-order valence-corrected chi connectivity index (χ2v) is 6.75. The minimum Gasteiger partial charge on any atom is -0.468 e. The minimum absolute atomic E-state index is 0.0346. The van der Waals surface area contributed by atoms with E-state index in [4.69, 9.17) is 4.74 Å². The van der Waals surface area contributed by atoms with Gasteiger partial charge in [-0.2, -0.15) is 0 Å². The first-order chi connectivity index (χ1) is 7.31. The highest BCUT2D eigenvalue weighted by atomic mass is 32.2. The van der Waals surface area contributed by atoms with E-state index in [1.165, 1.54) is 7.11 Å². The molecule has 1 aliphatic rings. The van der Waals surface area contributed by atoms with Crippen LogP contribution >= 0.6 is 0 Å². The number of ether oxygens (including phenoxy) is 1. The molecule has 1 unspecified atom stereocenters. The van der Waals surface area contributed by atoms with E-state index < -0.39 is 21.3 Å². The van der Waals surface area contributed by atoms with Gasteiger partial charge in [0.05, 0.1) is 18.6 Å². The van der Waals surface area contributed by atoms with Crippen molar-refractivity contribution < 1.29 is 17.9 Å². The topological polar surface area (TPSA) is 72.5 Å². The minimum atomic E-state index is -3.15. The average molecular weight is 249 g/mol. The maximum Gasteiger partial charge on any atom is 0.327 e. The van der Waals surface area contributed by atoms with Crippen molar-refractivity contribution in [1.82, 2.24) is 5.32 Å². The number of methoxy groups -OCH3 is 1. The molecule has 16 heavy (non-hydrogen) atoms. The standard InChI is InChI=1S/C10H19NO4S/c1-8(2)11-10(9(12)15-3)5-4-6-16(13,14)7-10/h8,11H,4-7H2,1-3H3. The lowest BCUT2D eigenvalue weighted by molar-refractivity contribution is -0.148. The smallest absolute Gasteiger partial charge is 0.327 e. The summed E-state index contributed by atoms with van der Waals surface area (Å²) < 4.78 is 28.0. The fraction of sp³-hybridized carbons (Fsp3) is 0.900. The van der Waals surface area contributed by atoms with Gasteiger partial charge in [-0.05, 0) is 26.7 Å². The maximum absolute atomic E-state index is 11.8. The number of hydrogen-bond donors (Lipinski definition) is 1. The lowest BCUT2D eigenvalue weighted by Gasteiger charge is -2.36. The molecule has 0 aromatic heterocycles. The molecule has 5 nitrogen and oxygen atoms in total. The highest BCUT2D eigenvalue weighted by Crippen LogP contribution is 2.25. The highest BCUT2D eigenvalue weighted by Gasteiger charge is 2.46. The van der Waals surface area contributed by atoms with Gasteiger partial charge in [-0.25, -0.2) is 8.42 Å². The average Bonchev–Trinajstić information content (AvgIpc) is 2.13. The van der Waals surface area contributed by atoms with E-state index in [1.54, 1.807) is 0 Å². The van der Waals surface area contributed by atoms with Crippen molar-refractivity contribution in [3.05, 3.63) is 0 Å². The monoisotopic (exact) mass is 249 g/mol. The zero-order valence-corrected chi connectivity index (χ0v) is 10.8. The Bertz CT molecular complexity index is 363. The number of sulfone groups is 1. The van der Waals surface area contributed by atoms with Crippen molar-refractivity contribution in [2.24, 2.45) is 0 Å². The van der Waals surface area contributed by atoms with Crippen molar-refractivity contribution in [1.29, 1.82) is 0 Å². The Balaban J connectivity index is 2.99. The molecule has 1 N–H and O–H groups in total. The van der Waals surface area contributed by atoms with Gasteiger partial charge in [-0.3, -0.25) is 10.1 Å². The molecule has 94 valence electrons. The Morgan fingerprint density at radius 3 is 2.50 bits per heavy atom. The summed E-state index contributed by atoms with van der Waals surface area (Å²) in [6.07, 6.45) is 1.01. The molecular formula is C10H19NO4S. The summed E-state index contributed by atoms with van der Waals surface area (Å²) in [5.74, 6) is -0.486. The predicted molar refractivity (Wildman–Crippen MR) is 60.9 cm³/mol. The first kappa shape index (κ1) is 13.4. The van der Waals surface area contributed by atoms with Crippen molar-refractivity contribution in [2.45, 2.75) is 38.3 Å². The lowest BCUT2D eigenvalue weighted by Crippen LogP contribution is -2.61. The molecule has 1 rings (SSSR count). The van der Waals surface area contributed by atoms with Crippen LogP contribution in [0.3, 0.4) is 0 Å². The Morgan fingerprint density at radius 1 is 1.44 bits per heavy atom. The molecule has 0 radical (unpaired) electrons. The summed E-state index contributed by atoms with van der Waals surface area (Å²) >= 11 is 0. The summed E-state index contributed by atoms with van der Waals surface area (Å²) in [5, 5.41) is 3.05. The third-order valence-electron chi connectivity index (χ3n) is 2.67. The Labute approximate surface area is 96.5 Å². The van der Waals surface area contributed by atoms with Crippen LogP contribution in [0.4, 0.5) is 0 Å². The molecule has 1 fully saturated rings. The molecule has 1 aliphatic heterocycles. The van der Waals surface area contributed by atoms with Gasteiger partial charge in [-0.1, -0.05) is 0 Å². The lowest BCUT2D eigenvalue weighted by atomic mass is 9.94. The number of esters is 1. The van der Waals surface area contributed by atoms with Crippen LogP contribution in [0.1, 0.15) is 26.7 Å². The molecule has 0 saturated carbocycles. The SMILES string of the molecule is COC(=O)C1(NC(C)C)CCCS(=O)(=O)C1. The van der Waals surface area contributed by atoms with E-state index in [9.17, 15) is 13.2 Å². The third kappa shape index (κ3) is 2.95. The molecule has 6 heteroatoms. The summed E-state index contributed by atoms with van der Waals surface area (Å²) in [6.45, 7) is 3.76. The predicted octanol–water partition coefficient (Wildman–Crippen LogP) is 0.105. The van der Waals surface area contributed by atoms with Gasteiger partial charge in [0.2, 0.25) is 0 Å². The first-order valence-electron chi connectivity index (χ1n) is 5.38. The first-order valence-corrected chi connectivity index (χ1v) is 7.20. The summed E-state index contributed by atoms with van der Waals surface area (Å²) in [6, 6.07) is 0.0346. The summed E-state index contributed by atoms with van der Waals surface area (Å²) in [5.41, 5.74) is -1.06. The normalized spacial score (nSPS) is 29.0. The molecule has 0 bridgehead atoms. The molecular weight excluding hydrogens is 230 g/mol. The molecule has 0 aromatic rings. The van der Waals surface area contributed by atoms with E-state index in [0.29, 0.717) is 12.8 Å². The van der Waals surface area contributed by atoms with Crippen molar-refractivity contribution in [3.63, 3.8) is 0 Å². The Kier molecular flexibility index (Phi) is 3.96. The second-order valence-electron chi connectivity index (χ2n) is 4.57. The Morgan fingerprint density at radius 2 is 2.06 bits per heavy atom. The summed E-state index contributed by atoms with van der Waals surface area (Å²) in [7, 11) is -1.87. The third-order valence-corrected chi connectivity index (χ3v) is 4.51. The second kappa shape index (κ2) is 4.71. The van der Waals surface area contributed by atoms with E-state index >= 15 is 0 Å². The van der Waals surface area contributed by atoms with Crippen LogP contribution in [0, 0.1) is 0 Å². The summed E-state index contributed by atoms with van der Waals surface area (Å²) in [4.78, 5) is 11.8. The molecule has 0 spiro atoms. The number of carbonyl (C=O) groups excluding carboxylic acids is 1. The zero-order valence-electron chi connectivity index (χ0n) is 9.95. The van der Waals surface area contributed by atoms with Crippen LogP contribution in [0.5, 0.6) is 0 Å². The van der Waals surface area contributed by atoms with E-state index in [2.05, 4.69) is 5.32 Å². The van der Waals surface area contributed by atoms with Crippen molar-refractivity contribution in [2.75, 3.05) is 18.6 Å². The highest BCUT2D eigenvalue weighted by molar-refractivity contribution is 7.91. The van der Waals surface area contributed by atoms with Gasteiger partial charge in [0.15, 0.2) is 9.84 Å². The van der Waals surface area contributed by atoms with Gasteiger partial charge in [-0.15, -0.1) is 0 Å². The van der Waals surface area contributed by atoms with Crippen LogP contribution in [0.2, 0.25) is 0 Å². The van der Waals surface area contributed by atoms with Gasteiger partial charge in [0.25, 0.3) is 0 Å². The van der Waals surface area contributed by atoms with Gasteiger partial charge >= 0.3 is 5.97 Å². The van der Waals surface area contributed by atoms with Gasteiger partial charge < -0.3 is 4.74 Å². The van der Waals surface area contributed by atoms with E-state index in [1.807, 2.05) is 13.8 Å². The number of nitrogens with one attached hydrogen (secondary N) is 1. The molecule has 1 saturated heterocycles. The maximum atomic E-state index is 11.8. The quantitative estimate of drug-likeness (QED) is 0.718. The molecule has 1 atom stereocenters.